The molecule has 0 bridgehead atoms. The Kier molecular flexibility index (Phi) is 5.59. The highest BCUT2D eigenvalue weighted by atomic mass is 16.5. The first-order valence-corrected chi connectivity index (χ1v) is 5.71. The second-order valence-corrected chi connectivity index (χ2v) is 4.19. The highest BCUT2D eigenvalue weighted by molar-refractivity contribution is 5.69. The topological polar surface area (TPSA) is 76.5 Å². The van der Waals surface area contributed by atoms with Crippen molar-refractivity contribution >= 4 is 17.1 Å². The van der Waals surface area contributed by atoms with Crippen LogP contribution in [0.25, 0.3) is 0 Å². The van der Waals surface area contributed by atoms with Gasteiger partial charge in [-0.25, -0.2) is 0 Å². The maximum absolute atomic E-state index is 5.70. The van der Waals surface area contributed by atoms with Crippen LogP contribution in [-0.2, 0) is 4.74 Å². The summed E-state index contributed by atoms with van der Waals surface area (Å²) >= 11 is 0. The van der Waals surface area contributed by atoms with E-state index in [1.807, 2.05) is 26.2 Å². The van der Waals surface area contributed by atoms with Crippen LogP contribution < -0.4 is 16.8 Å². The molecule has 0 unspecified atom stereocenters. The first-order valence-electron chi connectivity index (χ1n) is 5.71. The maximum Gasteiger partial charge on any atom is 0.0639 e. The molecule has 0 heterocycles. The van der Waals surface area contributed by atoms with E-state index in [-0.39, 0.29) is 0 Å². The zero-order valence-electron chi connectivity index (χ0n) is 10.6. The summed E-state index contributed by atoms with van der Waals surface area (Å²) in [7, 11) is 4.05. The van der Waals surface area contributed by atoms with Gasteiger partial charge in [-0.3, -0.25) is 0 Å². The average Bonchev–Trinajstić information content (AvgIpc) is 2.27. The molecular weight excluding hydrogens is 216 g/mol. The standard InChI is InChI=1S/C12H22N4O/c1-16(2)6-8-17-7-5-15-10-3-4-11(13)12(14)9-10/h3-4,9,15H,5-8,13-14H2,1-2H3. The van der Waals surface area contributed by atoms with Crippen molar-refractivity contribution in [1.29, 1.82) is 0 Å². The molecule has 1 aromatic carbocycles. The second kappa shape index (κ2) is 6.98. The van der Waals surface area contributed by atoms with Crippen LogP contribution in [-0.4, -0.2) is 45.3 Å². The molecule has 0 fully saturated rings. The number of likely N-dealkylation sites (N-methyl/N-ethyl adjacent to an activating group) is 1. The third-order valence-electron chi connectivity index (χ3n) is 2.35. The average molecular weight is 238 g/mol. The number of hydrogen-bond donors (Lipinski definition) is 3. The first kappa shape index (κ1) is 13.6. The number of hydrogen-bond acceptors (Lipinski definition) is 5. The molecule has 1 rings (SSSR count). The minimum absolute atomic E-state index is 0.600. The molecule has 0 aliphatic rings. The maximum atomic E-state index is 5.70. The van der Waals surface area contributed by atoms with Crippen LogP contribution in [0.1, 0.15) is 0 Å². The zero-order chi connectivity index (χ0) is 12.7. The van der Waals surface area contributed by atoms with E-state index in [1.54, 1.807) is 6.07 Å². The van der Waals surface area contributed by atoms with E-state index in [1.165, 1.54) is 0 Å². The fraction of sp³-hybridized carbons (Fsp3) is 0.500. The van der Waals surface area contributed by atoms with Crippen LogP contribution in [0, 0.1) is 0 Å². The first-order chi connectivity index (χ1) is 8.09. The minimum atomic E-state index is 0.600. The fourth-order valence-corrected chi connectivity index (χ4v) is 1.30. The summed E-state index contributed by atoms with van der Waals surface area (Å²) in [4.78, 5) is 2.09. The van der Waals surface area contributed by atoms with Crippen LogP contribution in [0.3, 0.4) is 0 Å². The van der Waals surface area contributed by atoms with Crippen LogP contribution in [0.4, 0.5) is 17.1 Å². The van der Waals surface area contributed by atoms with Crippen molar-refractivity contribution in [3.8, 4) is 0 Å². The van der Waals surface area contributed by atoms with E-state index < -0.39 is 0 Å². The summed E-state index contributed by atoms with van der Waals surface area (Å²) in [5, 5.41) is 3.23. The summed E-state index contributed by atoms with van der Waals surface area (Å²) in [6, 6.07) is 5.53. The molecule has 5 nitrogen and oxygen atoms in total. The number of nitrogens with one attached hydrogen (secondary N) is 1. The van der Waals surface area contributed by atoms with E-state index in [0.717, 1.165) is 25.4 Å². The van der Waals surface area contributed by atoms with Crippen molar-refractivity contribution < 1.29 is 4.74 Å². The monoisotopic (exact) mass is 238 g/mol. The molecule has 0 spiro atoms. The molecule has 5 N–H and O–H groups in total. The van der Waals surface area contributed by atoms with Crippen LogP contribution in [0.5, 0.6) is 0 Å². The van der Waals surface area contributed by atoms with Crippen molar-refractivity contribution in [1.82, 2.24) is 4.90 Å². The van der Waals surface area contributed by atoms with E-state index in [9.17, 15) is 0 Å². The Morgan fingerprint density at radius 2 is 1.94 bits per heavy atom. The Morgan fingerprint density at radius 3 is 2.59 bits per heavy atom. The lowest BCUT2D eigenvalue weighted by molar-refractivity contribution is 0.126. The molecule has 96 valence electrons. The molecule has 0 saturated carbocycles. The SMILES string of the molecule is CN(C)CCOCCNc1ccc(N)c(N)c1. The highest BCUT2D eigenvalue weighted by Gasteiger charge is 1.97. The normalized spacial score (nSPS) is 10.8. The fourth-order valence-electron chi connectivity index (χ4n) is 1.30. The Balaban J connectivity index is 2.16. The Labute approximate surface area is 103 Å². The Bertz CT molecular complexity index is 341. The van der Waals surface area contributed by atoms with E-state index in [0.29, 0.717) is 18.0 Å². The number of nitrogens with zero attached hydrogens (tertiary/aromatic N) is 1. The van der Waals surface area contributed by atoms with Gasteiger partial charge in [0, 0.05) is 18.8 Å². The van der Waals surface area contributed by atoms with Crippen LogP contribution >= 0.6 is 0 Å². The quantitative estimate of drug-likeness (QED) is 0.485. The highest BCUT2D eigenvalue weighted by Crippen LogP contribution is 2.19. The Morgan fingerprint density at radius 1 is 1.18 bits per heavy atom. The summed E-state index contributed by atoms with van der Waals surface area (Å²) < 4.78 is 5.46. The van der Waals surface area contributed by atoms with Gasteiger partial charge < -0.3 is 26.4 Å². The van der Waals surface area contributed by atoms with Gasteiger partial charge in [-0.2, -0.15) is 0 Å². The number of nitrogens with two attached hydrogens (primary N) is 2. The van der Waals surface area contributed by atoms with Crippen LogP contribution in [0.15, 0.2) is 18.2 Å². The predicted molar refractivity (Wildman–Crippen MR) is 73.1 cm³/mol. The Hall–Kier alpha value is -1.46. The lowest BCUT2D eigenvalue weighted by Gasteiger charge is -2.11. The molecule has 0 radical (unpaired) electrons. The second-order valence-electron chi connectivity index (χ2n) is 4.19. The van der Waals surface area contributed by atoms with Crippen molar-refractivity contribution in [3.63, 3.8) is 0 Å². The molecule has 0 atom stereocenters. The molecule has 5 heteroatoms. The summed E-state index contributed by atoms with van der Waals surface area (Å²) in [5.41, 5.74) is 13.5. The van der Waals surface area contributed by atoms with Crippen molar-refractivity contribution in [2.45, 2.75) is 0 Å². The molecule has 0 aliphatic carbocycles. The molecule has 0 amide bonds. The lowest BCUT2D eigenvalue weighted by atomic mass is 10.2. The zero-order valence-corrected chi connectivity index (χ0v) is 10.6. The number of anilines is 3. The van der Waals surface area contributed by atoms with Gasteiger partial charge >= 0.3 is 0 Å². The molecule has 1 aromatic rings. The van der Waals surface area contributed by atoms with Gasteiger partial charge in [0.1, 0.15) is 0 Å². The molecule has 0 aromatic heterocycles. The predicted octanol–water partition coefficient (Wildman–Crippen LogP) is 0.841. The third kappa shape index (κ3) is 5.42. The summed E-state index contributed by atoms with van der Waals surface area (Å²) in [6.07, 6.45) is 0. The van der Waals surface area contributed by atoms with Gasteiger partial charge in [-0.15, -0.1) is 0 Å². The summed E-state index contributed by atoms with van der Waals surface area (Å²) in [6.45, 7) is 3.13. The van der Waals surface area contributed by atoms with Gasteiger partial charge in [-0.05, 0) is 32.3 Å². The molecule has 17 heavy (non-hydrogen) atoms. The van der Waals surface area contributed by atoms with Crippen molar-refractivity contribution in [2.75, 3.05) is 57.2 Å². The van der Waals surface area contributed by atoms with E-state index >= 15 is 0 Å². The van der Waals surface area contributed by atoms with E-state index in [4.69, 9.17) is 16.2 Å². The largest absolute Gasteiger partial charge is 0.397 e. The smallest absolute Gasteiger partial charge is 0.0639 e. The van der Waals surface area contributed by atoms with Gasteiger partial charge in [0.15, 0.2) is 0 Å². The van der Waals surface area contributed by atoms with Crippen molar-refractivity contribution in [3.05, 3.63) is 18.2 Å². The number of ether oxygens (including phenoxy) is 1. The van der Waals surface area contributed by atoms with Gasteiger partial charge in [0.25, 0.3) is 0 Å². The van der Waals surface area contributed by atoms with Gasteiger partial charge in [-0.1, -0.05) is 0 Å². The molecule has 0 aliphatic heterocycles. The number of nitrogen functional groups attached to an aromatic ring is 2. The van der Waals surface area contributed by atoms with Crippen molar-refractivity contribution in [2.24, 2.45) is 0 Å². The number of rotatable bonds is 7. The minimum Gasteiger partial charge on any atom is -0.397 e. The number of benzene rings is 1. The lowest BCUT2D eigenvalue weighted by Crippen LogP contribution is -2.20. The van der Waals surface area contributed by atoms with Crippen LogP contribution in [0.2, 0.25) is 0 Å². The third-order valence-corrected chi connectivity index (χ3v) is 2.35. The van der Waals surface area contributed by atoms with Gasteiger partial charge in [0.05, 0.1) is 24.6 Å². The van der Waals surface area contributed by atoms with Gasteiger partial charge in [0.2, 0.25) is 0 Å². The molecular formula is C12H22N4O. The van der Waals surface area contributed by atoms with E-state index in [2.05, 4.69) is 10.2 Å². The molecule has 0 saturated heterocycles. The summed E-state index contributed by atoms with van der Waals surface area (Å²) in [5.74, 6) is 0.